The number of esters is 1. The second-order valence-corrected chi connectivity index (χ2v) is 5.41. The highest BCUT2D eigenvalue weighted by Gasteiger charge is 2.17. The quantitative estimate of drug-likeness (QED) is 0.474. The van der Waals surface area contributed by atoms with Gasteiger partial charge in [0.05, 0.1) is 15.0 Å². The number of ether oxygens (including phenoxy) is 1. The monoisotopic (exact) mass is 396 g/mol. The average Bonchev–Trinajstić information content (AvgIpc) is 2.55. The van der Waals surface area contributed by atoms with Gasteiger partial charge in [-0.2, -0.15) is 0 Å². The van der Waals surface area contributed by atoms with Gasteiger partial charge in [-0.15, -0.1) is 0 Å². The van der Waals surface area contributed by atoms with Crippen LogP contribution in [0, 0.1) is 15.9 Å². The van der Waals surface area contributed by atoms with Crippen LogP contribution in [0.3, 0.4) is 0 Å². The van der Waals surface area contributed by atoms with Crippen LogP contribution in [0.5, 0.6) is 0 Å². The molecule has 1 N–H and O–H groups in total. The molecule has 2 aromatic rings. The Labute approximate surface area is 143 Å². The zero-order valence-electron chi connectivity index (χ0n) is 12.0. The molecule has 124 valence electrons. The zero-order chi connectivity index (χ0) is 17.7. The van der Waals surface area contributed by atoms with Crippen molar-refractivity contribution in [3.63, 3.8) is 0 Å². The zero-order valence-corrected chi connectivity index (χ0v) is 13.6. The van der Waals surface area contributed by atoms with Crippen LogP contribution in [0.2, 0.25) is 0 Å². The van der Waals surface area contributed by atoms with Gasteiger partial charge in [-0.05, 0) is 52.3 Å². The van der Waals surface area contributed by atoms with Crippen molar-refractivity contribution in [1.82, 2.24) is 0 Å². The van der Waals surface area contributed by atoms with E-state index in [0.29, 0.717) is 5.69 Å². The maximum atomic E-state index is 12.8. The smallest absolute Gasteiger partial charge is 0.338 e. The number of nitro groups is 1. The van der Waals surface area contributed by atoms with Crippen LogP contribution in [-0.2, 0) is 9.53 Å². The van der Waals surface area contributed by atoms with Gasteiger partial charge in [0, 0.05) is 11.8 Å². The largest absolute Gasteiger partial charge is 0.452 e. The number of nitrogens with one attached hydrogen (secondary N) is 1. The summed E-state index contributed by atoms with van der Waals surface area (Å²) in [5.41, 5.74) is -0.00331. The van der Waals surface area contributed by atoms with Crippen LogP contribution in [0.15, 0.2) is 46.9 Å². The lowest BCUT2D eigenvalue weighted by molar-refractivity contribution is -0.385. The molecule has 9 heteroatoms. The van der Waals surface area contributed by atoms with E-state index in [2.05, 4.69) is 21.2 Å². The Morgan fingerprint density at radius 3 is 2.50 bits per heavy atom. The predicted molar refractivity (Wildman–Crippen MR) is 86.1 cm³/mol. The number of amides is 1. The summed E-state index contributed by atoms with van der Waals surface area (Å²) in [5.74, 6) is -1.95. The predicted octanol–water partition coefficient (Wildman–Crippen LogP) is 3.29. The number of rotatable bonds is 5. The van der Waals surface area contributed by atoms with Gasteiger partial charge in [0.25, 0.3) is 11.6 Å². The van der Waals surface area contributed by atoms with E-state index in [1.807, 2.05) is 0 Å². The molecule has 1 amide bonds. The minimum atomic E-state index is -0.875. The second kappa shape index (κ2) is 7.64. The van der Waals surface area contributed by atoms with E-state index in [1.165, 1.54) is 36.4 Å². The van der Waals surface area contributed by atoms with Crippen LogP contribution in [0.1, 0.15) is 10.4 Å². The maximum Gasteiger partial charge on any atom is 0.338 e. The molecule has 0 fully saturated rings. The summed E-state index contributed by atoms with van der Waals surface area (Å²) in [5, 5.41) is 13.2. The van der Waals surface area contributed by atoms with Crippen LogP contribution in [0.25, 0.3) is 0 Å². The Morgan fingerprint density at radius 1 is 1.21 bits per heavy atom. The van der Waals surface area contributed by atoms with Crippen LogP contribution in [0.4, 0.5) is 15.8 Å². The van der Waals surface area contributed by atoms with Crippen molar-refractivity contribution < 1.29 is 23.6 Å². The Bertz CT molecular complexity index is 795. The molecule has 0 saturated carbocycles. The van der Waals surface area contributed by atoms with E-state index in [-0.39, 0.29) is 15.7 Å². The van der Waals surface area contributed by atoms with Crippen molar-refractivity contribution in [1.29, 1.82) is 0 Å². The maximum absolute atomic E-state index is 12.8. The van der Waals surface area contributed by atoms with Gasteiger partial charge in [-0.3, -0.25) is 14.9 Å². The highest BCUT2D eigenvalue weighted by Crippen LogP contribution is 2.25. The summed E-state index contributed by atoms with van der Waals surface area (Å²) in [7, 11) is 0. The Morgan fingerprint density at radius 2 is 1.88 bits per heavy atom. The third-order valence-corrected chi connectivity index (χ3v) is 3.51. The lowest BCUT2D eigenvalue weighted by atomic mass is 10.2. The summed E-state index contributed by atoms with van der Waals surface area (Å²) in [4.78, 5) is 33.7. The van der Waals surface area contributed by atoms with Gasteiger partial charge in [0.2, 0.25) is 0 Å². The summed E-state index contributed by atoms with van der Waals surface area (Å²) < 4.78 is 17.8. The molecule has 0 aliphatic rings. The van der Waals surface area contributed by atoms with E-state index >= 15 is 0 Å². The van der Waals surface area contributed by atoms with Crippen LogP contribution in [-0.4, -0.2) is 23.4 Å². The van der Waals surface area contributed by atoms with Crippen molar-refractivity contribution in [2.45, 2.75) is 0 Å². The molecule has 0 saturated heterocycles. The van der Waals surface area contributed by atoms with E-state index in [1.54, 1.807) is 0 Å². The normalized spacial score (nSPS) is 10.1. The van der Waals surface area contributed by atoms with Gasteiger partial charge in [0.15, 0.2) is 6.61 Å². The van der Waals surface area contributed by atoms with Crippen LogP contribution >= 0.6 is 15.9 Å². The molecule has 0 atom stereocenters. The van der Waals surface area contributed by atoms with E-state index in [0.717, 1.165) is 6.07 Å². The van der Waals surface area contributed by atoms with Crippen molar-refractivity contribution in [2.24, 2.45) is 0 Å². The summed E-state index contributed by atoms with van der Waals surface area (Å²) in [6.07, 6.45) is 0. The number of nitrogens with zero attached hydrogens (tertiary/aromatic N) is 1. The van der Waals surface area contributed by atoms with E-state index < -0.39 is 29.2 Å². The minimum Gasteiger partial charge on any atom is -0.452 e. The topological polar surface area (TPSA) is 98.5 Å². The molecule has 0 aliphatic heterocycles. The molecule has 0 heterocycles. The van der Waals surface area contributed by atoms with Crippen molar-refractivity contribution >= 4 is 39.2 Å². The molecule has 2 aromatic carbocycles. The second-order valence-electron chi connectivity index (χ2n) is 4.55. The number of anilines is 1. The molecular formula is C15H10BrFN2O5. The fourth-order valence-electron chi connectivity index (χ4n) is 1.72. The Hall–Kier alpha value is -2.81. The standard InChI is InChI=1S/C15H10BrFN2O5/c16-12-6-1-9(7-13(12)19(22)23)15(21)24-8-14(20)18-11-4-2-10(17)3-5-11/h1-7H,8H2,(H,18,20). The minimum absolute atomic E-state index is 0.0560. The lowest BCUT2D eigenvalue weighted by Crippen LogP contribution is -2.21. The first-order chi connectivity index (χ1) is 11.4. The SMILES string of the molecule is O=C(COC(=O)c1ccc(Br)c([N+](=O)[O-])c1)Nc1ccc(F)cc1. The fraction of sp³-hybridized carbons (Fsp3) is 0.0667. The third-order valence-electron chi connectivity index (χ3n) is 2.84. The van der Waals surface area contributed by atoms with Gasteiger partial charge in [0.1, 0.15) is 5.82 Å². The molecule has 7 nitrogen and oxygen atoms in total. The average molecular weight is 397 g/mol. The first-order valence-corrected chi connectivity index (χ1v) is 7.32. The van der Waals surface area contributed by atoms with Crippen LogP contribution < -0.4 is 5.32 Å². The van der Waals surface area contributed by atoms with Gasteiger partial charge in [-0.1, -0.05) is 0 Å². The molecular weight excluding hydrogens is 387 g/mol. The molecule has 0 unspecified atom stereocenters. The molecule has 0 radical (unpaired) electrons. The van der Waals surface area contributed by atoms with Crippen molar-refractivity contribution in [3.05, 3.63) is 68.4 Å². The first-order valence-electron chi connectivity index (χ1n) is 6.53. The summed E-state index contributed by atoms with van der Waals surface area (Å²) >= 11 is 3.00. The number of hydrogen-bond acceptors (Lipinski definition) is 5. The van der Waals surface area contributed by atoms with Gasteiger partial charge < -0.3 is 10.1 Å². The lowest BCUT2D eigenvalue weighted by Gasteiger charge is -2.07. The van der Waals surface area contributed by atoms with E-state index in [9.17, 15) is 24.1 Å². The molecule has 0 aliphatic carbocycles. The van der Waals surface area contributed by atoms with E-state index in [4.69, 9.17) is 4.74 Å². The Balaban J connectivity index is 1.95. The number of carbonyl (C=O) groups is 2. The number of benzene rings is 2. The summed E-state index contributed by atoms with van der Waals surface area (Å²) in [6.45, 7) is -0.583. The van der Waals surface area contributed by atoms with Crippen molar-refractivity contribution in [3.8, 4) is 0 Å². The molecule has 0 aromatic heterocycles. The number of hydrogen-bond donors (Lipinski definition) is 1. The molecule has 24 heavy (non-hydrogen) atoms. The molecule has 0 spiro atoms. The number of carbonyl (C=O) groups excluding carboxylic acids is 2. The first kappa shape index (κ1) is 17.5. The third kappa shape index (κ3) is 4.59. The van der Waals surface area contributed by atoms with Gasteiger partial charge >= 0.3 is 5.97 Å². The molecule has 2 rings (SSSR count). The van der Waals surface area contributed by atoms with Gasteiger partial charge in [-0.25, -0.2) is 9.18 Å². The van der Waals surface area contributed by atoms with Crippen molar-refractivity contribution in [2.75, 3.05) is 11.9 Å². The molecule has 0 bridgehead atoms. The highest BCUT2D eigenvalue weighted by atomic mass is 79.9. The number of halogens is 2. The summed E-state index contributed by atoms with van der Waals surface area (Å²) in [6, 6.07) is 8.76. The Kier molecular flexibility index (Phi) is 5.59. The fourth-order valence-corrected chi connectivity index (χ4v) is 2.12. The number of nitro benzene ring substituents is 1. The highest BCUT2D eigenvalue weighted by molar-refractivity contribution is 9.10.